The van der Waals surface area contributed by atoms with Crippen LogP contribution in [0, 0.1) is 0 Å². The molecule has 0 aromatic rings. The van der Waals surface area contributed by atoms with Crippen LogP contribution >= 0.6 is 0 Å². The van der Waals surface area contributed by atoms with Crippen LogP contribution in [0.15, 0.2) is 0 Å². The number of unbranched alkanes of at least 4 members (excludes halogenated alkanes) is 13. The molecule has 0 N–H and O–H groups in total. The lowest BCUT2D eigenvalue weighted by Gasteiger charge is -2.22. The smallest absolute Gasteiger partial charge is 0.432 e. The average Bonchev–Trinajstić information content (AvgIpc) is 2.86. The third-order valence-corrected chi connectivity index (χ3v) is 6.41. The Bertz CT molecular complexity index is 527. The summed E-state index contributed by atoms with van der Waals surface area (Å²) >= 11 is 0. The summed E-state index contributed by atoms with van der Waals surface area (Å²) in [5.41, 5.74) is -0.980. The maximum Gasteiger partial charge on any atom is 0.540 e. The van der Waals surface area contributed by atoms with Gasteiger partial charge >= 0.3 is 12.3 Å². The summed E-state index contributed by atoms with van der Waals surface area (Å²) in [7, 11) is 0. The molecule has 0 spiro atoms. The molecule has 8 heteroatoms. The molecular weight excluding hydrogens is 488 g/mol. The molecule has 226 valence electrons. The first-order valence-corrected chi connectivity index (χ1v) is 15.2. The lowest BCUT2D eigenvalue weighted by Crippen LogP contribution is -2.26. The van der Waals surface area contributed by atoms with Crippen LogP contribution in [0.3, 0.4) is 0 Å². The fourth-order valence-corrected chi connectivity index (χ4v) is 3.96. The van der Waals surface area contributed by atoms with Crippen molar-refractivity contribution >= 4 is 12.3 Å². The van der Waals surface area contributed by atoms with Crippen LogP contribution in [0.25, 0.3) is 0 Å². The number of hydrogen-bond donors (Lipinski definition) is 0. The van der Waals surface area contributed by atoms with E-state index in [4.69, 9.17) is 29.0 Å². The van der Waals surface area contributed by atoms with Crippen LogP contribution in [0.1, 0.15) is 157 Å². The molecule has 0 unspecified atom stereocenters. The van der Waals surface area contributed by atoms with Gasteiger partial charge in [0.25, 0.3) is 0 Å². The minimum atomic E-state index is -0.758. The second-order valence-corrected chi connectivity index (χ2v) is 11.5. The Labute approximate surface area is 232 Å². The highest BCUT2D eigenvalue weighted by atomic mass is 17.2. The van der Waals surface area contributed by atoms with Crippen LogP contribution in [-0.4, -0.2) is 36.7 Å². The Balaban J connectivity index is 3.46. The van der Waals surface area contributed by atoms with E-state index in [0.717, 1.165) is 89.9 Å². The molecule has 0 rings (SSSR count). The summed E-state index contributed by atoms with van der Waals surface area (Å²) in [6.07, 6.45) is 17.6. The fraction of sp³-hybridized carbons (Fsp3) is 0.933. The van der Waals surface area contributed by atoms with Gasteiger partial charge in [0.05, 0.1) is 13.2 Å². The van der Waals surface area contributed by atoms with Crippen LogP contribution in [0.5, 0.6) is 0 Å². The molecule has 0 saturated heterocycles. The van der Waals surface area contributed by atoms with Crippen LogP contribution in [0.4, 0.5) is 9.59 Å². The maximum atomic E-state index is 11.7. The first-order valence-electron chi connectivity index (χ1n) is 15.2. The SMILES string of the molecule is CCCCCC(C)(C)OOC(=O)OCCCCCCCCCCCCOC(=O)OOC(C)(C)CCCCC. The Morgan fingerprint density at radius 1 is 0.474 bits per heavy atom. The summed E-state index contributed by atoms with van der Waals surface area (Å²) in [5, 5.41) is 0. The summed E-state index contributed by atoms with van der Waals surface area (Å²) in [4.78, 5) is 43.4. The minimum absolute atomic E-state index is 0.358. The van der Waals surface area contributed by atoms with Crippen molar-refractivity contribution in [3.8, 4) is 0 Å². The molecule has 0 aromatic carbocycles. The largest absolute Gasteiger partial charge is 0.540 e. The highest BCUT2D eigenvalue weighted by molar-refractivity contribution is 5.59. The van der Waals surface area contributed by atoms with E-state index in [-0.39, 0.29) is 0 Å². The van der Waals surface area contributed by atoms with Crippen LogP contribution in [0.2, 0.25) is 0 Å². The van der Waals surface area contributed by atoms with Gasteiger partial charge in [0.15, 0.2) is 0 Å². The highest BCUT2D eigenvalue weighted by Gasteiger charge is 2.23. The molecule has 38 heavy (non-hydrogen) atoms. The van der Waals surface area contributed by atoms with Gasteiger partial charge in [-0.3, -0.25) is 9.78 Å². The molecule has 0 amide bonds. The summed E-state index contributed by atoms with van der Waals surface area (Å²) in [6, 6.07) is 0. The van der Waals surface area contributed by atoms with Crippen molar-refractivity contribution in [2.24, 2.45) is 0 Å². The fourth-order valence-electron chi connectivity index (χ4n) is 3.96. The molecule has 0 aliphatic heterocycles. The molecular formula is C30H58O8. The predicted octanol–water partition coefficient (Wildman–Crippen LogP) is 9.77. The summed E-state index contributed by atoms with van der Waals surface area (Å²) in [6.45, 7) is 12.7. The predicted molar refractivity (Wildman–Crippen MR) is 150 cm³/mol. The van der Waals surface area contributed by atoms with Gasteiger partial charge in [0, 0.05) is 0 Å². The van der Waals surface area contributed by atoms with Crippen molar-refractivity contribution in [2.45, 2.75) is 168 Å². The molecule has 0 aromatic heterocycles. The van der Waals surface area contributed by atoms with E-state index in [9.17, 15) is 9.59 Å². The van der Waals surface area contributed by atoms with E-state index in [2.05, 4.69) is 13.8 Å². The molecule has 0 bridgehead atoms. The normalized spacial score (nSPS) is 11.8. The third kappa shape index (κ3) is 24.8. The topological polar surface area (TPSA) is 89.5 Å². The first kappa shape index (κ1) is 36.5. The standard InChI is InChI=1S/C30H58O8/c1-7-9-19-23-29(3,4)37-35-27(31)33-25-21-17-15-13-11-12-14-16-18-22-26-34-28(32)36-38-30(5,6)24-20-10-8-2/h7-26H2,1-6H3. The number of hydrogen-bond acceptors (Lipinski definition) is 8. The van der Waals surface area contributed by atoms with E-state index in [0.29, 0.717) is 13.2 Å². The molecule has 0 heterocycles. The van der Waals surface area contributed by atoms with E-state index < -0.39 is 23.5 Å². The van der Waals surface area contributed by atoms with Gasteiger partial charge in [0.1, 0.15) is 11.2 Å². The summed E-state index contributed by atoms with van der Waals surface area (Å²) < 4.78 is 10.2. The van der Waals surface area contributed by atoms with Gasteiger partial charge in [-0.15, -0.1) is 0 Å². The Kier molecular flexibility index (Phi) is 22.4. The Morgan fingerprint density at radius 2 is 0.789 bits per heavy atom. The third-order valence-electron chi connectivity index (χ3n) is 6.41. The zero-order chi connectivity index (χ0) is 28.5. The highest BCUT2D eigenvalue weighted by Crippen LogP contribution is 2.20. The van der Waals surface area contributed by atoms with E-state index in [1.54, 1.807) is 0 Å². The van der Waals surface area contributed by atoms with E-state index >= 15 is 0 Å². The molecule has 8 nitrogen and oxygen atoms in total. The number of rotatable bonds is 25. The van der Waals surface area contributed by atoms with Crippen molar-refractivity contribution in [3.63, 3.8) is 0 Å². The van der Waals surface area contributed by atoms with E-state index in [1.165, 1.54) is 25.7 Å². The van der Waals surface area contributed by atoms with Gasteiger partial charge in [-0.2, -0.15) is 9.78 Å². The average molecular weight is 547 g/mol. The maximum absolute atomic E-state index is 11.7. The second kappa shape index (κ2) is 23.4. The summed E-state index contributed by atoms with van der Waals surface area (Å²) in [5.74, 6) is 0. The van der Waals surface area contributed by atoms with Gasteiger partial charge < -0.3 is 9.47 Å². The Hall–Kier alpha value is -1.54. The van der Waals surface area contributed by atoms with Gasteiger partial charge in [-0.05, 0) is 53.4 Å². The van der Waals surface area contributed by atoms with Crippen molar-refractivity contribution < 1.29 is 38.6 Å². The lowest BCUT2D eigenvalue weighted by atomic mass is 10.0. The molecule has 0 aliphatic carbocycles. The van der Waals surface area contributed by atoms with E-state index in [1.807, 2.05) is 27.7 Å². The van der Waals surface area contributed by atoms with Crippen molar-refractivity contribution in [1.82, 2.24) is 0 Å². The van der Waals surface area contributed by atoms with Crippen molar-refractivity contribution in [3.05, 3.63) is 0 Å². The molecule has 0 saturated carbocycles. The lowest BCUT2D eigenvalue weighted by molar-refractivity contribution is -0.318. The molecule has 0 radical (unpaired) electrons. The van der Waals surface area contributed by atoms with Gasteiger partial charge in [-0.25, -0.2) is 9.59 Å². The number of ether oxygens (including phenoxy) is 2. The Morgan fingerprint density at radius 3 is 1.11 bits per heavy atom. The second-order valence-electron chi connectivity index (χ2n) is 11.5. The van der Waals surface area contributed by atoms with Crippen LogP contribution in [-0.2, 0) is 29.0 Å². The van der Waals surface area contributed by atoms with Gasteiger partial charge in [-0.1, -0.05) is 104 Å². The first-order chi connectivity index (χ1) is 18.1. The monoisotopic (exact) mass is 546 g/mol. The zero-order valence-electron chi connectivity index (χ0n) is 25.4. The van der Waals surface area contributed by atoms with Crippen LogP contribution < -0.4 is 0 Å². The number of carbonyl (C=O) groups excluding carboxylic acids is 2. The number of carbonyl (C=O) groups is 2. The quantitative estimate of drug-likeness (QED) is 0.0483. The van der Waals surface area contributed by atoms with Crippen molar-refractivity contribution in [2.75, 3.05) is 13.2 Å². The zero-order valence-corrected chi connectivity index (χ0v) is 25.4. The minimum Gasteiger partial charge on any atom is -0.432 e. The molecule has 0 aliphatic rings. The van der Waals surface area contributed by atoms with Crippen molar-refractivity contribution in [1.29, 1.82) is 0 Å². The molecule has 0 fully saturated rings. The van der Waals surface area contributed by atoms with Gasteiger partial charge in [0.2, 0.25) is 0 Å². The molecule has 0 atom stereocenters.